The minimum atomic E-state index is -0.375. The number of hydrogen-bond acceptors (Lipinski definition) is 4. The van der Waals surface area contributed by atoms with Crippen LogP contribution in [0.3, 0.4) is 0 Å². The molecule has 1 aromatic carbocycles. The summed E-state index contributed by atoms with van der Waals surface area (Å²) >= 11 is 6.05. The maximum absolute atomic E-state index is 13.4. The van der Waals surface area contributed by atoms with Crippen LogP contribution in [0.25, 0.3) is 0 Å². The average molecular weight is 337 g/mol. The number of benzene rings is 1. The van der Waals surface area contributed by atoms with Crippen LogP contribution in [0.4, 0.5) is 15.8 Å². The van der Waals surface area contributed by atoms with E-state index in [-0.39, 0.29) is 22.4 Å². The first-order valence-electron chi connectivity index (χ1n) is 7.55. The molecule has 1 fully saturated rings. The molecule has 0 amide bonds. The van der Waals surface area contributed by atoms with Gasteiger partial charge in [0.2, 0.25) is 0 Å². The minimum absolute atomic E-state index is 0.174. The van der Waals surface area contributed by atoms with Gasteiger partial charge in [-0.25, -0.2) is 9.49 Å². The number of halogens is 2. The lowest BCUT2D eigenvalue weighted by molar-refractivity contribution is 0.525. The van der Waals surface area contributed by atoms with Crippen LogP contribution in [0, 0.1) is 12.7 Å². The van der Waals surface area contributed by atoms with Gasteiger partial charge in [0.15, 0.2) is 0 Å². The second-order valence-electron chi connectivity index (χ2n) is 5.76. The van der Waals surface area contributed by atoms with Crippen molar-refractivity contribution in [3.63, 3.8) is 0 Å². The quantitative estimate of drug-likeness (QED) is 0.904. The molecule has 7 heteroatoms. The highest BCUT2D eigenvalue weighted by Crippen LogP contribution is 2.26. The van der Waals surface area contributed by atoms with Gasteiger partial charge >= 0.3 is 0 Å². The standard InChI is InChI=1S/C16H18ClFN4O/c1-10-2-3-11(18)8-13(10)20-12-4-6-22(7-5-12)14-9-19-21-16(23)15(14)17/h2-3,8-9,12,20H,4-7H2,1H3,(H,21,23). The van der Waals surface area contributed by atoms with Crippen LogP contribution in [0.2, 0.25) is 5.02 Å². The van der Waals surface area contributed by atoms with Gasteiger partial charge in [0, 0.05) is 24.8 Å². The van der Waals surface area contributed by atoms with Crippen LogP contribution in [0.5, 0.6) is 0 Å². The molecule has 0 saturated carbocycles. The number of nitrogens with one attached hydrogen (secondary N) is 2. The minimum Gasteiger partial charge on any atom is -0.382 e. The maximum atomic E-state index is 13.4. The lowest BCUT2D eigenvalue weighted by atomic mass is 10.0. The smallest absolute Gasteiger partial charge is 0.285 e. The van der Waals surface area contributed by atoms with Crippen molar-refractivity contribution in [1.29, 1.82) is 0 Å². The molecule has 5 nitrogen and oxygen atoms in total. The zero-order chi connectivity index (χ0) is 16.4. The molecule has 0 spiro atoms. The van der Waals surface area contributed by atoms with Crippen LogP contribution < -0.4 is 15.8 Å². The summed E-state index contributed by atoms with van der Waals surface area (Å²) in [6.07, 6.45) is 3.33. The molecule has 122 valence electrons. The van der Waals surface area contributed by atoms with Gasteiger partial charge in [-0.05, 0) is 37.5 Å². The van der Waals surface area contributed by atoms with Gasteiger partial charge in [0.05, 0.1) is 11.9 Å². The van der Waals surface area contributed by atoms with Gasteiger partial charge in [-0.1, -0.05) is 17.7 Å². The first-order valence-corrected chi connectivity index (χ1v) is 7.93. The molecule has 1 saturated heterocycles. The topological polar surface area (TPSA) is 61.0 Å². The summed E-state index contributed by atoms with van der Waals surface area (Å²) in [5, 5.41) is 9.71. The highest BCUT2D eigenvalue weighted by molar-refractivity contribution is 6.32. The Morgan fingerprint density at radius 2 is 2.13 bits per heavy atom. The van der Waals surface area contributed by atoms with E-state index in [0.717, 1.165) is 37.2 Å². The van der Waals surface area contributed by atoms with E-state index in [1.54, 1.807) is 12.3 Å². The van der Waals surface area contributed by atoms with Crippen molar-refractivity contribution in [2.45, 2.75) is 25.8 Å². The van der Waals surface area contributed by atoms with E-state index in [9.17, 15) is 9.18 Å². The van der Waals surface area contributed by atoms with E-state index in [2.05, 4.69) is 20.4 Å². The summed E-state index contributed by atoms with van der Waals surface area (Å²) in [6.45, 7) is 3.48. The molecule has 0 unspecified atom stereocenters. The largest absolute Gasteiger partial charge is 0.382 e. The first kappa shape index (κ1) is 15.8. The van der Waals surface area contributed by atoms with Crippen molar-refractivity contribution >= 4 is 23.0 Å². The van der Waals surface area contributed by atoms with Gasteiger partial charge in [-0.3, -0.25) is 4.79 Å². The molecule has 0 radical (unpaired) electrons. The third-order valence-corrected chi connectivity index (χ3v) is 4.54. The predicted molar refractivity (Wildman–Crippen MR) is 89.9 cm³/mol. The molecule has 2 heterocycles. The molecule has 3 rings (SSSR count). The second kappa shape index (κ2) is 6.58. The van der Waals surface area contributed by atoms with Crippen LogP contribution in [0.1, 0.15) is 18.4 Å². The Morgan fingerprint density at radius 3 is 2.87 bits per heavy atom. The van der Waals surface area contributed by atoms with E-state index in [1.165, 1.54) is 12.1 Å². The summed E-state index contributed by atoms with van der Waals surface area (Å²) in [7, 11) is 0. The molecule has 1 aromatic heterocycles. The summed E-state index contributed by atoms with van der Waals surface area (Å²) in [4.78, 5) is 13.6. The van der Waals surface area contributed by atoms with Crippen molar-refractivity contribution in [1.82, 2.24) is 10.2 Å². The van der Waals surface area contributed by atoms with Crippen molar-refractivity contribution < 1.29 is 4.39 Å². The van der Waals surface area contributed by atoms with Crippen molar-refractivity contribution in [2.24, 2.45) is 0 Å². The van der Waals surface area contributed by atoms with E-state index in [0.29, 0.717) is 5.69 Å². The molecule has 23 heavy (non-hydrogen) atoms. The normalized spacial score (nSPS) is 15.7. The summed E-state index contributed by atoms with van der Waals surface area (Å²) < 4.78 is 13.4. The van der Waals surface area contributed by atoms with Crippen LogP contribution in [-0.2, 0) is 0 Å². The SMILES string of the molecule is Cc1ccc(F)cc1NC1CCN(c2cn[nH]c(=O)c2Cl)CC1. The fourth-order valence-electron chi connectivity index (χ4n) is 2.83. The lowest BCUT2D eigenvalue weighted by Crippen LogP contribution is -2.40. The zero-order valence-corrected chi connectivity index (χ0v) is 13.5. The summed E-state index contributed by atoms with van der Waals surface area (Å²) in [5.41, 5.74) is 2.14. The van der Waals surface area contributed by atoms with E-state index < -0.39 is 0 Å². The molecule has 2 aromatic rings. The number of aryl methyl sites for hydroxylation is 1. The number of piperidine rings is 1. The lowest BCUT2D eigenvalue weighted by Gasteiger charge is -2.34. The third-order valence-electron chi connectivity index (χ3n) is 4.17. The molecule has 1 aliphatic heterocycles. The first-order chi connectivity index (χ1) is 11.0. The van der Waals surface area contributed by atoms with E-state index in [1.807, 2.05) is 6.92 Å². The molecule has 1 aliphatic rings. The maximum Gasteiger partial charge on any atom is 0.285 e. The van der Waals surface area contributed by atoms with Gasteiger partial charge in [0.25, 0.3) is 5.56 Å². The van der Waals surface area contributed by atoms with Crippen molar-refractivity contribution in [2.75, 3.05) is 23.3 Å². The van der Waals surface area contributed by atoms with Crippen LogP contribution in [0.15, 0.2) is 29.2 Å². The number of rotatable bonds is 3. The highest BCUT2D eigenvalue weighted by atomic mass is 35.5. The number of nitrogens with zero attached hydrogens (tertiary/aromatic N) is 2. The number of anilines is 2. The Morgan fingerprint density at radius 1 is 1.39 bits per heavy atom. The molecular weight excluding hydrogens is 319 g/mol. The van der Waals surface area contributed by atoms with Gasteiger partial charge < -0.3 is 10.2 Å². The average Bonchev–Trinajstić information content (AvgIpc) is 2.54. The third kappa shape index (κ3) is 3.47. The molecule has 0 atom stereocenters. The number of H-pyrrole nitrogens is 1. The Labute approximate surface area is 138 Å². The van der Waals surface area contributed by atoms with Gasteiger partial charge in [0.1, 0.15) is 10.8 Å². The number of aromatic amines is 1. The fourth-order valence-corrected chi connectivity index (χ4v) is 3.04. The Hall–Kier alpha value is -2.08. The Kier molecular flexibility index (Phi) is 4.52. The fraction of sp³-hybridized carbons (Fsp3) is 0.375. The molecule has 2 N–H and O–H groups in total. The highest BCUT2D eigenvalue weighted by Gasteiger charge is 2.22. The Bertz CT molecular complexity index is 756. The second-order valence-corrected chi connectivity index (χ2v) is 6.14. The number of aromatic nitrogens is 2. The molecule has 0 bridgehead atoms. The molecule has 0 aliphatic carbocycles. The van der Waals surface area contributed by atoms with Crippen molar-refractivity contribution in [3.8, 4) is 0 Å². The molecular formula is C16H18ClFN4O. The van der Waals surface area contributed by atoms with Crippen LogP contribution >= 0.6 is 11.6 Å². The van der Waals surface area contributed by atoms with Crippen molar-refractivity contribution in [3.05, 3.63) is 51.2 Å². The van der Waals surface area contributed by atoms with E-state index in [4.69, 9.17) is 11.6 Å². The summed E-state index contributed by atoms with van der Waals surface area (Å²) in [5.74, 6) is -0.239. The summed E-state index contributed by atoms with van der Waals surface area (Å²) in [6, 6.07) is 5.03. The van der Waals surface area contributed by atoms with E-state index >= 15 is 0 Å². The van der Waals surface area contributed by atoms with Gasteiger partial charge in [-0.2, -0.15) is 5.10 Å². The number of hydrogen-bond donors (Lipinski definition) is 2. The monoisotopic (exact) mass is 336 g/mol. The van der Waals surface area contributed by atoms with Gasteiger partial charge in [-0.15, -0.1) is 0 Å². The predicted octanol–water partition coefficient (Wildman–Crippen LogP) is 2.95. The zero-order valence-electron chi connectivity index (χ0n) is 12.8. The van der Waals surface area contributed by atoms with Crippen LogP contribution in [-0.4, -0.2) is 29.3 Å². The Balaban J connectivity index is 1.65.